The van der Waals surface area contributed by atoms with Gasteiger partial charge in [0.05, 0.1) is 28.9 Å². The molecule has 23 heavy (non-hydrogen) atoms. The lowest BCUT2D eigenvalue weighted by molar-refractivity contribution is 0.102. The van der Waals surface area contributed by atoms with Crippen molar-refractivity contribution in [2.45, 2.75) is 6.92 Å². The number of hydrogen-bond donors (Lipinski definition) is 1. The van der Waals surface area contributed by atoms with Gasteiger partial charge in [-0.3, -0.25) is 15.1 Å². The van der Waals surface area contributed by atoms with Gasteiger partial charge in [0.15, 0.2) is 5.13 Å². The lowest BCUT2D eigenvalue weighted by atomic mass is 10.2. The zero-order valence-electron chi connectivity index (χ0n) is 12.7. The van der Waals surface area contributed by atoms with Crippen LogP contribution in [0.25, 0.3) is 10.6 Å². The highest BCUT2D eigenvalue weighted by Crippen LogP contribution is 2.31. The normalized spacial score (nSPS) is 10.3. The molecule has 0 aliphatic carbocycles. The second-order valence-corrected chi connectivity index (χ2v) is 5.80. The lowest BCUT2D eigenvalue weighted by Crippen LogP contribution is -2.12. The molecule has 0 radical (unpaired) electrons. The van der Waals surface area contributed by atoms with Crippen molar-refractivity contribution in [3.63, 3.8) is 0 Å². The minimum atomic E-state index is -0.247. The monoisotopic (exact) mass is 325 g/mol. The Morgan fingerprint density at radius 3 is 2.70 bits per heavy atom. The number of thiazole rings is 1. The van der Waals surface area contributed by atoms with Gasteiger partial charge in [0.2, 0.25) is 0 Å². The molecule has 0 saturated heterocycles. The fraction of sp³-hybridized carbons (Fsp3) is 0.118. The Labute approximate surface area is 138 Å². The largest absolute Gasteiger partial charge is 0.496 e. The second kappa shape index (κ2) is 6.58. The predicted octanol–water partition coefficient (Wildman–Crippen LogP) is 3.77. The molecule has 2 aromatic heterocycles. The van der Waals surface area contributed by atoms with Crippen molar-refractivity contribution in [1.29, 1.82) is 0 Å². The van der Waals surface area contributed by atoms with E-state index in [0.717, 1.165) is 16.3 Å². The van der Waals surface area contributed by atoms with Gasteiger partial charge in [-0.15, -0.1) is 0 Å². The highest BCUT2D eigenvalue weighted by atomic mass is 32.1. The van der Waals surface area contributed by atoms with Gasteiger partial charge in [0, 0.05) is 6.20 Å². The van der Waals surface area contributed by atoms with Crippen LogP contribution >= 0.6 is 11.3 Å². The number of aryl methyl sites for hydroxylation is 1. The average molecular weight is 325 g/mol. The molecule has 0 fully saturated rings. The molecule has 0 aliphatic rings. The first kappa shape index (κ1) is 15.2. The summed E-state index contributed by atoms with van der Waals surface area (Å²) in [6, 6.07) is 12.8. The number of nitrogens with zero attached hydrogens (tertiary/aromatic N) is 2. The molecule has 1 amide bonds. The molecule has 1 N–H and O–H groups in total. The lowest BCUT2D eigenvalue weighted by Gasteiger charge is -2.06. The van der Waals surface area contributed by atoms with Crippen LogP contribution in [-0.4, -0.2) is 23.0 Å². The average Bonchev–Trinajstić information content (AvgIpc) is 2.95. The molecule has 0 bridgehead atoms. The molecule has 0 saturated carbocycles. The number of carbonyl (C=O) groups excluding carboxylic acids is 1. The molecular weight excluding hydrogens is 310 g/mol. The number of methoxy groups -OCH3 is 1. The van der Waals surface area contributed by atoms with E-state index in [1.807, 2.05) is 31.2 Å². The van der Waals surface area contributed by atoms with Crippen LogP contribution in [0, 0.1) is 6.92 Å². The molecule has 116 valence electrons. The topological polar surface area (TPSA) is 64.1 Å². The van der Waals surface area contributed by atoms with Crippen LogP contribution in [-0.2, 0) is 0 Å². The maximum absolute atomic E-state index is 12.4. The van der Waals surface area contributed by atoms with Gasteiger partial charge in [-0.2, -0.15) is 0 Å². The Balaban J connectivity index is 1.85. The van der Waals surface area contributed by atoms with Gasteiger partial charge < -0.3 is 4.74 Å². The van der Waals surface area contributed by atoms with E-state index < -0.39 is 0 Å². The van der Waals surface area contributed by atoms with E-state index in [0.29, 0.717) is 16.4 Å². The third-order valence-corrected chi connectivity index (χ3v) is 4.36. The van der Waals surface area contributed by atoms with Crippen molar-refractivity contribution in [3.8, 4) is 16.3 Å². The van der Waals surface area contributed by atoms with Gasteiger partial charge in [0.25, 0.3) is 5.91 Å². The molecule has 1 aromatic carbocycles. The molecule has 6 heteroatoms. The Kier molecular flexibility index (Phi) is 4.34. The first-order chi connectivity index (χ1) is 11.2. The van der Waals surface area contributed by atoms with Gasteiger partial charge in [-0.25, -0.2) is 4.98 Å². The SMILES string of the molecule is COc1ccccc1C(=O)Nc1nc(C)c(-c2ccccn2)s1. The molecule has 2 heterocycles. The number of para-hydroxylation sites is 1. The number of nitrogens with one attached hydrogen (secondary N) is 1. The third kappa shape index (κ3) is 3.22. The number of anilines is 1. The molecule has 0 spiro atoms. The van der Waals surface area contributed by atoms with E-state index in [-0.39, 0.29) is 5.91 Å². The summed E-state index contributed by atoms with van der Waals surface area (Å²) in [7, 11) is 1.54. The minimum Gasteiger partial charge on any atom is -0.496 e. The highest BCUT2D eigenvalue weighted by Gasteiger charge is 2.16. The second-order valence-electron chi connectivity index (χ2n) is 4.80. The van der Waals surface area contributed by atoms with Crippen LogP contribution in [0.3, 0.4) is 0 Å². The fourth-order valence-corrected chi connectivity index (χ4v) is 3.12. The molecule has 0 aliphatic heterocycles. The molecule has 3 aromatic rings. The Morgan fingerprint density at radius 1 is 1.17 bits per heavy atom. The minimum absolute atomic E-state index is 0.247. The zero-order chi connectivity index (χ0) is 16.2. The van der Waals surface area contributed by atoms with E-state index in [1.165, 1.54) is 11.3 Å². The first-order valence-electron chi connectivity index (χ1n) is 7.02. The summed E-state index contributed by atoms with van der Waals surface area (Å²) in [5, 5.41) is 3.37. The number of rotatable bonds is 4. The van der Waals surface area contributed by atoms with Gasteiger partial charge in [-0.05, 0) is 31.2 Å². The number of aromatic nitrogens is 2. The fourth-order valence-electron chi connectivity index (χ4n) is 2.18. The molecule has 5 nitrogen and oxygen atoms in total. The van der Waals surface area contributed by atoms with E-state index in [2.05, 4.69) is 15.3 Å². The van der Waals surface area contributed by atoms with Crippen LogP contribution in [0.15, 0.2) is 48.7 Å². The van der Waals surface area contributed by atoms with Crippen molar-refractivity contribution in [1.82, 2.24) is 9.97 Å². The van der Waals surface area contributed by atoms with Gasteiger partial charge in [-0.1, -0.05) is 29.5 Å². The van der Waals surface area contributed by atoms with Crippen molar-refractivity contribution in [3.05, 3.63) is 59.9 Å². The van der Waals surface area contributed by atoms with Crippen LogP contribution in [0.4, 0.5) is 5.13 Å². The maximum atomic E-state index is 12.4. The van der Waals surface area contributed by atoms with Gasteiger partial charge >= 0.3 is 0 Å². The van der Waals surface area contributed by atoms with Crippen molar-refractivity contribution < 1.29 is 9.53 Å². The number of amides is 1. The predicted molar refractivity (Wildman–Crippen MR) is 91.0 cm³/mol. The van der Waals surface area contributed by atoms with Crippen LogP contribution in [0.2, 0.25) is 0 Å². The molecule has 0 unspecified atom stereocenters. The van der Waals surface area contributed by atoms with Crippen molar-refractivity contribution >= 4 is 22.4 Å². The van der Waals surface area contributed by atoms with Crippen LogP contribution in [0.1, 0.15) is 16.1 Å². The number of carbonyl (C=O) groups is 1. The summed E-state index contributed by atoms with van der Waals surface area (Å²) in [5.41, 5.74) is 2.16. The van der Waals surface area contributed by atoms with Gasteiger partial charge in [0.1, 0.15) is 5.75 Å². The molecule has 3 rings (SSSR count). The standard InChI is InChI=1S/C17H15N3O2S/c1-11-15(13-8-5-6-10-18-13)23-17(19-11)20-16(21)12-7-3-4-9-14(12)22-2/h3-10H,1-2H3,(H,19,20,21). The van der Waals surface area contributed by atoms with E-state index in [4.69, 9.17) is 4.74 Å². The van der Waals surface area contributed by atoms with E-state index in [1.54, 1.807) is 31.5 Å². The maximum Gasteiger partial charge on any atom is 0.261 e. The summed E-state index contributed by atoms with van der Waals surface area (Å²) in [6.45, 7) is 1.90. The number of ether oxygens (including phenoxy) is 1. The van der Waals surface area contributed by atoms with E-state index in [9.17, 15) is 4.79 Å². The summed E-state index contributed by atoms with van der Waals surface area (Å²) >= 11 is 1.40. The van der Waals surface area contributed by atoms with Crippen LogP contribution in [0.5, 0.6) is 5.75 Å². The quantitative estimate of drug-likeness (QED) is 0.793. The van der Waals surface area contributed by atoms with Crippen LogP contribution < -0.4 is 10.1 Å². The summed E-state index contributed by atoms with van der Waals surface area (Å²) in [5.74, 6) is 0.284. The summed E-state index contributed by atoms with van der Waals surface area (Å²) in [6.07, 6.45) is 1.74. The molecule has 0 atom stereocenters. The Hall–Kier alpha value is -2.73. The number of hydrogen-bond acceptors (Lipinski definition) is 5. The summed E-state index contributed by atoms with van der Waals surface area (Å²) < 4.78 is 5.21. The Morgan fingerprint density at radius 2 is 1.96 bits per heavy atom. The molecular formula is C17H15N3O2S. The highest BCUT2D eigenvalue weighted by molar-refractivity contribution is 7.19. The first-order valence-corrected chi connectivity index (χ1v) is 7.84. The Bertz CT molecular complexity index is 831. The summed E-state index contributed by atoms with van der Waals surface area (Å²) in [4.78, 5) is 22.1. The van der Waals surface area contributed by atoms with Crippen molar-refractivity contribution in [2.24, 2.45) is 0 Å². The zero-order valence-corrected chi connectivity index (χ0v) is 13.6. The third-order valence-electron chi connectivity index (χ3n) is 3.27. The van der Waals surface area contributed by atoms with Crippen molar-refractivity contribution in [2.75, 3.05) is 12.4 Å². The number of pyridine rings is 1. The number of benzene rings is 1. The van der Waals surface area contributed by atoms with E-state index >= 15 is 0 Å². The smallest absolute Gasteiger partial charge is 0.261 e.